The van der Waals surface area contributed by atoms with Crippen molar-refractivity contribution >= 4 is 58.5 Å². The Hall–Kier alpha value is -6.10. The average molecular weight is 889 g/mol. The Labute approximate surface area is 379 Å². The number of aromatic nitrogens is 4. The zero-order valence-electron chi connectivity index (χ0n) is 37.5. The summed E-state index contributed by atoms with van der Waals surface area (Å²) < 4.78 is 7.85. The molecule has 2 amide bonds. The molecule has 0 saturated carbocycles. The number of amides is 2. The fourth-order valence-corrected chi connectivity index (χ4v) is 9.06. The van der Waals surface area contributed by atoms with Crippen molar-refractivity contribution in [2.45, 2.75) is 70.9 Å². The van der Waals surface area contributed by atoms with E-state index >= 15 is 0 Å². The summed E-state index contributed by atoms with van der Waals surface area (Å²) in [5, 5.41) is 42.7. The van der Waals surface area contributed by atoms with Crippen LogP contribution >= 0.6 is 11.8 Å². The first-order chi connectivity index (χ1) is 30.9. The van der Waals surface area contributed by atoms with Gasteiger partial charge in [0.25, 0.3) is 0 Å². The van der Waals surface area contributed by atoms with Gasteiger partial charge >= 0.3 is 0 Å². The fraction of sp³-hybridized carbons (Fsp3) is 0.396. The maximum absolute atomic E-state index is 13.3. The van der Waals surface area contributed by atoms with Gasteiger partial charge in [0.15, 0.2) is 0 Å². The molecule has 64 heavy (non-hydrogen) atoms. The minimum absolute atomic E-state index is 0.0218. The summed E-state index contributed by atoms with van der Waals surface area (Å²) in [5.74, 6) is 1.18. The third kappa shape index (κ3) is 11.5. The molecule has 2 aliphatic heterocycles. The Balaban J connectivity index is 0.000000333. The Morgan fingerprint density at radius 1 is 1.11 bits per heavy atom. The molecule has 5 N–H and O–H groups in total. The van der Waals surface area contributed by atoms with Crippen molar-refractivity contribution in [3.05, 3.63) is 107 Å². The Morgan fingerprint density at radius 3 is 2.55 bits per heavy atom. The highest BCUT2D eigenvalue weighted by Crippen LogP contribution is 2.35. The van der Waals surface area contributed by atoms with Crippen LogP contribution in [0, 0.1) is 5.92 Å². The van der Waals surface area contributed by atoms with Crippen molar-refractivity contribution in [2.24, 2.45) is 23.0 Å². The number of para-hydroxylation sites is 1. The van der Waals surface area contributed by atoms with Gasteiger partial charge in [-0.2, -0.15) is 0 Å². The largest absolute Gasteiger partial charge is 0.507 e. The van der Waals surface area contributed by atoms with Gasteiger partial charge in [0.2, 0.25) is 12.3 Å². The van der Waals surface area contributed by atoms with E-state index < -0.39 is 12.0 Å². The van der Waals surface area contributed by atoms with Crippen molar-refractivity contribution < 1.29 is 24.3 Å². The molecule has 1 saturated heterocycles. The van der Waals surface area contributed by atoms with Crippen LogP contribution in [0.25, 0.3) is 32.8 Å². The maximum Gasteiger partial charge on any atom is 0.233 e. The van der Waals surface area contributed by atoms with Crippen molar-refractivity contribution in [1.29, 1.82) is 0 Å². The number of carbonyl (C=O) groups excluding carboxylic acids is 2. The van der Waals surface area contributed by atoms with Crippen molar-refractivity contribution in [3.63, 3.8) is 0 Å². The minimum atomic E-state index is -0.510. The second-order valence-electron chi connectivity index (χ2n) is 16.4. The maximum atomic E-state index is 13.3. The first-order valence-corrected chi connectivity index (χ1v) is 22.7. The number of hydrogen-bond acceptors (Lipinski definition) is 13. The molecule has 0 radical (unpaired) electrons. The Morgan fingerprint density at radius 2 is 1.89 bits per heavy atom. The zero-order chi connectivity index (χ0) is 45.8. The first kappa shape index (κ1) is 47.4. The number of carbonyl (C=O) groups is 2. The van der Waals surface area contributed by atoms with Crippen LogP contribution in [0.5, 0.6) is 5.75 Å². The number of nitrogens with one attached hydrogen (secondary N) is 3. The van der Waals surface area contributed by atoms with Crippen LogP contribution in [0.1, 0.15) is 93.1 Å². The van der Waals surface area contributed by atoms with Crippen LogP contribution in [-0.2, 0) is 16.6 Å². The van der Waals surface area contributed by atoms with Crippen LogP contribution in [0.2, 0.25) is 0 Å². The van der Waals surface area contributed by atoms with Gasteiger partial charge in [-0.3, -0.25) is 19.6 Å². The first-order valence-electron chi connectivity index (χ1n) is 21.7. The molecule has 0 spiro atoms. The molecule has 5 aromatic rings. The van der Waals surface area contributed by atoms with Crippen molar-refractivity contribution in [1.82, 2.24) is 40.8 Å². The second kappa shape index (κ2) is 22.5. The number of β-amino-alcohol motifs (C(OH)–C–C–N with tert-alkyl or cyclic N) is 1. The van der Waals surface area contributed by atoms with Gasteiger partial charge in [-0.05, 0) is 94.7 Å². The molecule has 2 aromatic carbocycles. The number of nitrogens with zero attached hydrogens (tertiary/aromatic N) is 7. The molecule has 15 nitrogen and oxygen atoms in total. The van der Waals surface area contributed by atoms with E-state index in [0.717, 1.165) is 54.0 Å². The van der Waals surface area contributed by atoms with E-state index in [9.17, 15) is 19.8 Å². The van der Waals surface area contributed by atoms with Gasteiger partial charge in [0.05, 0.1) is 29.2 Å². The standard InChI is InChI=1S/C35H44N8O4.C13H16N2OS/c1-22(2)34(35(46)43-15-12-25(44)21-43)33-18-27(41-47-33)24(19-37-4)20-38-14-11-23(10-13-36-3)30-17-29-31(42(30)5)16-28(39-40-29)26-8-6-7-9-32(26)45;1-9(14-7-16)11-3-5-12(6-4-11)13-10(2)15-8-17-13/h6-9,16-20,22-23,25,34,36,44-45H,4,10-15,21H2,1-3,5H3;3-7,9,15H,8H2,1-2H3,(H,14,16)/b24-19+,38-20?;/t;9-/m.0/s1. The van der Waals surface area contributed by atoms with E-state index in [0.29, 0.717) is 54.3 Å². The molecular formula is C48H60N10O5S. The monoisotopic (exact) mass is 888 g/mol. The van der Waals surface area contributed by atoms with E-state index in [2.05, 4.69) is 84.8 Å². The number of phenolic OH excluding ortho intramolecular Hbond substituents is 1. The van der Waals surface area contributed by atoms with E-state index in [4.69, 9.17) is 9.52 Å². The molecule has 16 heteroatoms. The third-order valence-corrected chi connectivity index (χ3v) is 12.8. The number of rotatable bonds is 18. The summed E-state index contributed by atoms with van der Waals surface area (Å²) in [6.45, 7) is 13.9. The van der Waals surface area contributed by atoms with E-state index in [-0.39, 0.29) is 29.5 Å². The number of aromatic hydroxyl groups is 1. The van der Waals surface area contributed by atoms with Crippen molar-refractivity contribution in [3.8, 4) is 17.0 Å². The second-order valence-corrected chi connectivity index (χ2v) is 17.4. The number of aliphatic imine (C=N–C) groups is 2. The molecule has 1 fully saturated rings. The predicted molar refractivity (Wildman–Crippen MR) is 256 cm³/mol. The molecule has 0 aliphatic carbocycles. The summed E-state index contributed by atoms with van der Waals surface area (Å²) >= 11 is 1.82. The van der Waals surface area contributed by atoms with Gasteiger partial charge in [0, 0.05) is 78.5 Å². The lowest BCUT2D eigenvalue weighted by molar-refractivity contribution is -0.133. The van der Waals surface area contributed by atoms with Gasteiger partial charge in [-0.15, -0.1) is 22.0 Å². The lowest BCUT2D eigenvalue weighted by atomic mass is 9.91. The molecule has 2 aliphatic rings. The minimum Gasteiger partial charge on any atom is -0.507 e. The number of aryl methyl sites for hydroxylation is 1. The van der Waals surface area contributed by atoms with E-state index in [1.807, 2.05) is 64.8 Å². The molecule has 0 bridgehead atoms. The quantitative estimate of drug-likeness (QED) is 0.0448. The molecule has 3 unspecified atom stereocenters. The van der Waals surface area contributed by atoms with E-state index in [1.54, 1.807) is 35.5 Å². The highest BCUT2D eigenvalue weighted by molar-refractivity contribution is 8.08. The number of allylic oxidation sites excluding steroid dienone is 2. The number of benzene rings is 2. The van der Waals surface area contributed by atoms with Crippen LogP contribution < -0.4 is 16.0 Å². The van der Waals surface area contributed by atoms with Crippen LogP contribution in [0.15, 0.2) is 93.1 Å². The topological polar surface area (TPSA) is 195 Å². The van der Waals surface area contributed by atoms with Gasteiger partial charge < -0.3 is 40.2 Å². The summed E-state index contributed by atoms with van der Waals surface area (Å²) in [6.07, 6.45) is 5.82. The Bertz CT molecular complexity index is 2480. The van der Waals surface area contributed by atoms with Crippen LogP contribution in [-0.4, -0.2) is 105 Å². The molecular weight excluding hydrogens is 829 g/mol. The highest BCUT2D eigenvalue weighted by atomic mass is 32.2. The number of likely N-dealkylation sites (tertiary alicyclic amines) is 1. The number of aliphatic hydroxyl groups excluding tert-OH is 1. The SMILES string of the molecule is C=N/C=C(\C=NCCC(CCNC)c1cc2nnc(-c3ccccc3O)cc2n1C)c1cc(C(C(=O)N2CCC(O)C2)C(C)C)on1.CC1=C(c2ccc([C@H](C)NC=O)cc2)SCN1. The number of thioether (sulfide) groups is 1. The van der Waals surface area contributed by atoms with Crippen LogP contribution in [0.3, 0.4) is 0 Å². The summed E-state index contributed by atoms with van der Waals surface area (Å²) in [6, 6.07) is 21.3. The molecule has 7 rings (SSSR count). The number of aliphatic hydroxyl groups is 1. The zero-order valence-corrected chi connectivity index (χ0v) is 38.3. The number of fused-ring (bicyclic) bond motifs is 1. The molecule has 4 atom stereocenters. The van der Waals surface area contributed by atoms with Gasteiger partial charge in [-0.1, -0.05) is 55.4 Å². The van der Waals surface area contributed by atoms with E-state index in [1.165, 1.54) is 16.2 Å². The normalized spacial score (nSPS) is 16.8. The lowest BCUT2D eigenvalue weighted by Crippen LogP contribution is -2.35. The van der Waals surface area contributed by atoms with Gasteiger partial charge in [-0.25, -0.2) is 0 Å². The summed E-state index contributed by atoms with van der Waals surface area (Å²) in [5.41, 5.74) is 8.87. The summed E-state index contributed by atoms with van der Waals surface area (Å²) in [7, 11) is 3.97. The fourth-order valence-electron chi connectivity index (χ4n) is 8.04. The van der Waals surface area contributed by atoms with Gasteiger partial charge in [0.1, 0.15) is 28.6 Å². The molecule has 5 heterocycles. The average Bonchev–Trinajstić information content (AvgIpc) is 4.11. The van der Waals surface area contributed by atoms with Crippen molar-refractivity contribution in [2.75, 3.05) is 39.1 Å². The van der Waals surface area contributed by atoms with Crippen LogP contribution in [0.4, 0.5) is 0 Å². The molecule has 338 valence electrons. The smallest absolute Gasteiger partial charge is 0.233 e. The third-order valence-electron chi connectivity index (χ3n) is 11.7. The summed E-state index contributed by atoms with van der Waals surface area (Å²) in [4.78, 5) is 35.4. The highest BCUT2D eigenvalue weighted by Gasteiger charge is 2.35. The number of hydrogen-bond donors (Lipinski definition) is 5. The number of phenols is 1. The lowest BCUT2D eigenvalue weighted by Gasteiger charge is -2.23. The molecule has 3 aromatic heterocycles. The Kier molecular flexibility index (Phi) is 16.7. The predicted octanol–water partition coefficient (Wildman–Crippen LogP) is 7.03.